The van der Waals surface area contributed by atoms with Crippen molar-refractivity contribution in [1.29, 1.82) is 0 Å². The molecule has 1 aromatic rings. The number of likely N-dealkylation sites (tertiary alicyclic amines) is 1. The lowest BCUT2D eigenvalue weighted by molar-refractivity contribution is -0.147. The van der Waals surface area contributed by atoms with E-state index in [0.29, 0.717) is 38.5 Å². The molecule has 2 aliphatic heterocycles. The number of ether oxygens (including phenoxy) is 2. The first-order valence-corrected chi connectivity index (χ1v) is 9.74. The first-order chi connectivity index (χ1) is 12.4. The Hall–Kier alpha value is -1.30. The summed E-state index contributed by atoms with van der Waals surface area (Å²) in [6, 6.07) is 3.76. The van der Waals surface area contributed by atoms with Gasteiger partial charge in [0.05, 0.1) is 6.54 Å². The molecule has 6 heteroatoms. The fraction of sp³-hybridized carbons (Fsp3) is 0.650. The number of halogens is 1. The molecule has 0 saturated carbocycles. The molecule has 144 valence electrons. The van der Waals surface area contributed by atoms with Gasteiger partial charge in [-0.1, -0.05) is 11.6 Å². The largest absolute Gasteiger partial charge is 0.491 e. The summed E-state index contributed by atoms with van der Waals surface area (Å²) in [5.41, 5.74) is 0.891. The number of amides is 1. The number of aryl methyl sites for hydroxylation is 2. The average Bonchev–Trinajstić information content (AvgIpc) is 2.64. The minimum Gasteiger partial charge on any atom is -0.491 e. The molecule has 2 saturated heterocycles. The topological polar surface area (TPSA) is 59.0 Å². The summed E-state index contributed by atoms with van der Waals surface area (Å²) in [5.74, 6) is 0.865. The van der Waals surface area contributed by atoms with Crippen LogP contribution in [0.15, 0.2) is 12.1 Å². The molecule has 2 aliphatic rings. The Kier molecular flexibility index (Phi) is 6.10. The third-order valence-corrected chi connectivity index (χ3v) is 5.95. The quantitative estimate of drug-likeness (QED) is 0.870. The van der Waals surface area contributed by atoms with E-state index in [1.165, 1.54) is 0 Å². The smallest absolute Gasteiger partial charge is 0.225 e. The van der Waals surface area contributed by atoms with Gasteiger partial charge < -0.3 is 19.5 Å². The Morgan fingerprint density at radius 1 is 1.35 bits per heavy atom. The van der Waals surface area contributed by atoms with Crippen LogP contribution in [0.2, 0.25) is 5.02 Å². The van der Waals surface area contributed by atoms with E-state index < -0.39 is 5.60 Å². The molecule has 2 heterocycles. The normalized spacial score (nSPS) is 24.5. The summed E-state index contributed by atoms with van der Waals surface area (Å²) in [6.45, 7) is 6.37. The number of hydrogen-bond acceptors (Lipinski definition) is 4. The third kappa shape index (κ3) is 4.51. The van der Waals surface area contributed by atoms with Gasteiger partial charge >= 0.3 is 0 Å². The van der Waals surface area contributed by atoms with Crippen LogP contribution in [0, 0.1) is 19.8 Å². The minimum absolute atomic E-state index is 0.0218. The second-order valence-electron chi connectivity index (χ2n) is 7.63. The number of nitrogens with zero attached hydrogens (tertiary/aromatic N) is 1. The summed E-state index contributed by atoms with van der Waals surface area (Å²) in [5, 5.41) is 11.7. The molecule has 0 aliphatic carbocycles. The second-order valence-corrected chi connectivity index (χ2v) is 8.01. The van der Waals surface area contributed by atoms with Crippen molar-refractivity contribution in [3.05, 3.63) is 28.3 Å². The van der Waals surface area contributed by atoms with Gasteiger partial charge in [0.1, 0.15) is 18.0 Å². The van der Waals surface area contributed by atoms with Crippen LogP contribution in [-0.2, 0) is 9.53 Å². The van der Waals surface area contributed by atoms with Crippen molar-refractivity contribution in [3.8, 4) is 5.75 Å². The number of benzene rings is 1. The molecule has 1 aromatic carbocycles. The molecule has 26 heavy (non-hydrogen) atoms. The van der Waals surface area contributed by atoms with Crippen LogP contribution >= 0.6 is 11.6 Å². The maximum atomic E-state index is 12.7. The van der Waals surface area contributed by atoms with Crippen LogP contribution < -0.4 is 4.74 Å². The maximum Gasteiger partial charge on any atom is 0.225 e. The first kappa shape index (κ1) is 19.5. The van der Waals surface area contributed by atoms with E-state index in [1.807, 2.05) is 26.0 Å². The molecule has 1 amide bonds. The van der Waals surface area contributed by atoms with Gasteiger partial charge in [-0.05, 0) is 62.8 Å². The van der Waals surface area contributed by atoms with Crippen molar-refractivity contribution in [2.45, 2.75) is 45.1 Å². The Balaban J connectivity index is 1.61. The maximum absolute atomic E-state index is 12.7. The zero-order valence-corrected chi connectivity index (χ0v) is 16.3. The van der Waals surface area contributed by atoms with Crippen molar-refractivity contribution in [3.63, 3.8) is 0 Å². The lowest BCUT2D eigenvalue weighted by Crippen LogP contribution is -2.54. The van der Waals surface area contributed by atoms with Crippen molar-refractivity contribution < 1.29 is 19.4 Å². The molecule has 0 aromatic heterocycles. The monoisotopic (exact) mass is 381 g/mol. The Morgan fingerprint density at radius 3 is 2.65 bits per heavy atom. The number of aliphatic hydroxyl groups is 1. The Labute approximate surface area is 160 Å². The number of β-amino-alcohol motifs (C(OH)–C–C–N with tert-alkyl or cyclic N) is 1. The molecule has 0 radical (unpaired) electrons. The van der Waals surface area contributed by atoms with Gasteiger partial charge in [-0.25, -0.2) is 0 Å². The zero-order chi connectivity index (χ0) is 18.7. The molecule has 2 fully saturated rings. The summed E-state index contributed by atoms with van der Waals surface area (Å²) in [4.78, 5) is 14.6. The van der Waals surface area contributed by atoms with Crippen LogP contribution in [0.5, 0.6) is 5.75 Å². The summed E-state index contributed by atoms with van der Waals surface area (Å²) in [7, 11) is 0. The first-order valence-electron chi connectivity index (χ1n) is 9.36. The van der Waals surface area contributed by atoms with Crippen molar-refractivity contribution in [2.75, 3.05) is 32.9 Å². The zero-order valence-electron chi connectivity index (χ0n) is 15.6. The van der Waals surface area contributed by atoms with Gasteiger partial charge in [-0.15, -0.1) is 0 Å². The molecule has 3 rings (SSSR count). The number of carbonyl (C=O) groups is 1. The lowest BCUT2D eigenvalue weighted by atomic mass is 9.91. The molecular formula is C20H28ClNO4. The molecule has 5 nitrogen and oxygen atoms in total. The highest BCUT2D eigenvalue weighted by Gasteiger charge is 2.38. The van der Waals surface area contributed by atoms with Crippen molar-refractivity contribution in [2.24, 2.45) is 5.92 Å². The van der Waals surface area contributed by atoms with Gasteiger partial charge in [0, 0.05) is 30.7 Å². The second kappa shape index (κ2) is 8.15. The van der Waals surface area contributed by atoms with Crippen LogP contribution in [-0.4, -0.2) is 54.4 Å². The van der Waals surface area contributed by atoms with E-state index in [2.05, 4.69) is 0 Å². The number of rotatable bonds is 4. The van der Waals surface area contributed by atoms with E-state index >= 15 is 0 Å². The minimum atomic E-state index is -1.01. The predicted octanol–water partition coefficient (Wildman–Crippen LogP) is 3.12. The van der Waals surface area contributed by atoms with Crippen molar-refractivity contribution >= 4 is 17.5 Å². The summed E-state index contributed by atoms with van der Waals surface area (Å²) >= 11 is 6.20. The van der Waals surface area contributed by atoms with E-state index in [4.69, 9.17) is 21.1 Å². The highest BCUT2D eigenvalue weighted by Crippen LogP contribution is 2.29. The number of piperidine rings is 1. The third-order valence-electron chi connectivity index (χ3n) is 5.36. The van der Waals surface area contributed by atoms with Gasteiger partial charge in [0.25, 0.3) is 0 Å². The van der Waals surface area contributed by atoms with Crippen LogP contribution in [0.3, 0.4) is 0 Å². The highest BCUT2D eigenvalue weighted by molar-refractivity contribution is 6.32. The van der Waals surface area contributed by atoms with E-state index in [-0.39, 0.29) is 18.4 Å². The van der Waals surface area contributed by atoms with E-state index in [9.17, 15) is 9.90 Å². The van der Waals surface area contributed by atoms with Crippen molar-refractivity contribution in [1.82, 2.24) is 4.90 Å². The molecule has 1 atom stereocenters. The predicted molar refractivity (Wildman–Crippen MR) is 101 cm³/mol. The van der Waals surface area contributed by atoms with E-state index in [1.54, 1.807) is 4.90 Å². The van der Waals surface area contributed by atoms with Crippen LogP contribution in [0.4, 0.5) is 0 Å². The average molecular weight is 382 g/mol. The van der Waals surface area contributed by atoms with Gasteiger partial charge in [-0.3, -0.25) is 4.79 Å². The SMILES string of the molecule is Cc1cc(OCC2(O)CCCN(C(=O)C3CCOCC3)C2)cc(C)c1Cl. The molecule has 0 bridgehead atoms. The number of carbonyl (C=O) groups excluding carboxylic acids is 1. The lowest BCUT2D eigenvalue weighted by Gasteiger charge is -2.40. The standard InChI is InChI=1S/C20H28ClNO4/c1-14-10-17(11-15(2)18(14)21)26-13-20(24)6-3-7-22(12-20)19(23)16-4-8-25-9-5-16/h10-11,16,24H,3-9,12-13H2,1-2H3. The summed E-state index contributed by atoms with van der Waals surface area (Å²) in [6.07, 6.45) is 2.96. The number of hydrogen-bond donors (Lipinski definition) is 1. The Bertz CT molecular complexity index is 636. The van der Waals surface area contributed by atoms with E-state index in [0.717, 1.165) is 35.4 Å². The highest BCUT2D eigenvalue weighted by atomic mass is 35.5. The van der Waals surface area contributed by atoms with Gasteiger partial charge in [-0.2, -0.15) is 0 Å². The molecule has 0 spiro atoms. The fourth-order valence-corrected chi connectivity index (χ4v) is 3.94. The van der Waals surface area contributed by atoms with Crippen LogP contribution in [0.25, 0.3) is 0 Å². The Morgan fingerprint density at radius 2 is 2.00 bits per heavy atom. The molecule has 1 N–H and O–H groups in total. The summed E-state index contributed by atoms with van der Waals surface area (Å²) < 4.78 is 11.2. The van der Waals surface area contributed by atoms with Gasteiger partial charge in [0.15, 0.2) is 0 Å². The molecular weight excluding hydrogens is 354 g/mol. The van der Waals surface area contributed by atoms with Gasteiger partial charge in [0.2, 0.25) is 5.91 Å². The molecule has 1 unspecified atom stereocenters. The van der Waals surface area contributed by atoms with Crippen LogP contribution in [0.1, 0.15) is 36.8 Å². The fourth-order valence-electron chi connectivity index (χ4n) is 3.83.